The average molecular weight is 315 g/mol. The maximum Gasteiger partial charge on any atom is 0.315 e. The number of halogens is 2. The molecule has 0 bridgehead atoms. The molecule has 2 atom stereocenters. The molecule has 2 rings (SSSR count). The number of benzene rings is 1. The van der Waals surface area contributed by atoms with E-state index < -0.39 is 0 Å². The number of amides is 2. The first kappa shape index (κ1) is 15.2. The highest BCUT2D eigenvalue weighted by molar-refractivity contribution is 6.35. The van der Waals surface area contributed by atoms with E-state index in [2.05, 4.69) is 10.6 Å². The minimum atomic E-state index is -0.260. The molecule has 108 valence electrons. The predicted octanol–water partition coefficient (Wildman–Crippen LogP) is 2.73. The van der Waals surface area contributed by atoms with Crippen LogP contribution >= 0.6 is 23.2 Å². The van der Waals surface area contributed by atoms with Gasteiger partial charge in [0.25, 0.3) is 0 Å². The van der Waals surface area contributed by atoms with E-state index in [1.807, 2.05) is 12.2 Å². The Morgan fingerprint density at radius 3 is 2.80 bits per heavy atom. The fourth-order valence-electron chi connectivity index (χ4n) is 2.08. The van der Waals surface area contributed by atoms with Gasteiger partial charge in [0, 0.05) is 35.2 Å². The quantitative estimate of drug-likeness (QED) is 0.748. The van der Waals surface area contributed by atoms with Gasteiger partial charge in [0.15, 0.2) is 0 Å². The van der Waals surface area contributed by atoms with Crippen molar-refractivity contribution < 1.29 is 9.90 Å². The monoisotopic (exact) mass is 314 g/mol. The molecule has 0 saturated heterocycles. The number of rotatable bonds is 4. The maximum atomic E-state index is 11.8. The van der Waals surface area contributed by atoms with E-state index in [9.17, 15) is 4.79 Å². The zero-order valence-electron chi connectivity index (χ0n) is 10.8. The third kappa shape index (κ3) is 4.13. The molecule has 1 aromatic rings. The summed E-state index contributed by atoms with van der Waals surface area (Å²) in [6.07, 6.45) is 4.54. The van der Waals surface area contributed by atoms with Gasteiger partial charge < -0.3 is 15.7 Å². The third-order valence-corrected chi connectivity index (χ3v) is 3.76. The Balaban J connectivity index is 1.79. The second kappa shape index (κ2) is 6.97. The van der Waals surface area contributed by atoms with Crippen LogP contribution in [0.5, 0.6) is 0 Å². The molecule has 0 heterocycles. The molecule has 0 aliphatic heterocycles. The van der Waals surface area contributed by atoms with Crippen LogP contribution in [-0.2, 0) is 6.54 Å². The van der Waals surface area contributed by atoms with Gasteiger partial charge in [0.1, 0.15) is 0 Å². The zero-order valence-corrected chi connectivity index (χ0v) is 12.3. The summed E-state index contributed by atoms with van der Waals surface area (Å²) in [7, 11) is 0. The van der Waals surface area contributed by atoms with Crippen molar-refractivity contribution in [1.82, 2.24) is 10.6 Å². The number of aliphatic hydroxyl groups excluding tert-OH is 1. The first-order valence-corrected chi connectivity index (χ1v) is 7.11. The summed E-state index contributed by atoms with van der Waals surface area (Å²) in [6.45, 7) is 0.443. The molecule has 0 aromatic heterocycles. The molecule has 1 aliphatic carbocycles. The lowest BCUT2D eigenvalue weighted by Crippen LogP contribution is -2.40. The minimum Gasteiger partial charge on any atom is -0.396 e. The molecule has 0 unspecified atom stereocenters. The predicted molar refractivity (Wildman–Crippen MR) is 80.0 cm³/mol. The van der Waals surface area contributed by atoms with Gasteiger partial charge in [-0.05, 0) is 24.1 Å². The average Bonchev–Trinajstić information content (AvgIpc) is 2.85. The van der Waals surface area contributed by atoms with Crippen molar-refractivity contribution in [3.8, 4) is 0 Å². The van der Waals surface area contributed by atoms with Crippen molar-refractivity contribution in [3.63, 3.8) is 0 Å². The fourth-order valence-corrected chi connectivity index (χ4v) is 2.55. The van der Waals surface area contributed by atoms with Gasteiger partial charge in [0.05, 0.1) is 0 Å². The van der Waals surface area contributed by atoms with Gasteiger partial charge in [0.2, 0.25) is 0 Å². The standard InChI is InChI=1S/C14H16Cl2N2O2/c15-11-3-2-10(13(16)6-11)7-17-14(20)18-12-4-1-9(5-12)8-19/h1-4,6,9,12,19H,5,7-8H2,(H2,17,18,20)/t9-,12+/m0/s1. The normalized spacial score (nSPS) is 20.9. The largest absolute Gasteiger partial charge is 0.396 e. The summed E-state index contributed by atoms with van der Waals surface area (Å²) < 4.78 is 0. The highest BCUT2D eigenvalue weighted by Crippen LogP contribution is 2.21. The summed E-state index contributed by atoms with van der Waals surface area (Å²) in [5, 5.41) is 15.7. The lowest BCUT2D eigenvalue weighted by molar-refractivity contribution is 0.231. The Morgan fingerprint density at radius 2 is 2.15 bits per heavy atom. The molecule has 1 aliphatic rings. The fraction of sp³-hybridized carbons (Fsp3) is 0.357. The molecule has 1 aromatic carbocycles. The molecule has 6 heteroatoms. The van der Waals surface area contributed by atoms with Crippen LogP contribution in [0.3, 0.4) is 0 Å². The number of carbonyl (C=O) groups excluding carboxylic acids is 1. The Kier molecular flexibility index (Phi) is 5.29. The molecule has 20 heavy (non-hydrogen) atoms. The van der Waals surface area contributed by atoms with Gasteiger partial charge in [-0.3, -0.25) is 0 Å². The molecule has 0 fully saturated rings. The Labute approximate surface area is 127 Å². The van der Waals surface area contributed by atoms with Gasteiger partial charge >= 0.3 is 6.03 Å². The number of aliphatic hydroxyl groups is 1. The van der Waals surface area contributed by atoms with Crippen molar-refractivity contribution in [2.24, 2.45) is 5.92 Å². The molecule has 0 saturated carbocycles. The number of hydrogen-bond acceptors (Lipinski definition) is 2. The van der Waals surface area contributed by atoms with Gasteiger partial charge in [-0.25, -0.2) is 4.79 Å². The Hall–Kier alpha value is -1.23. The lowest BCUT2D eigenvalue weighted by Gasteiger charge is -2.14. The summed E-state index contributed by atoms with van der Waals surface area (Å²) >= 11 is 11.8. The highest BCUT2D eigenvalue weighted by atomic mass is 35.5. The van der Waals surface area contributed by atoms with Crippen molar-refractivity contribution in [3.05, 3.63) is 46.0 Å². The smallest absolute Gasteiger partial charge is 0.315 e. The van der Waals surface area contributed by atoms with Gasteiger partial charge in [-0.15, -0.1) is 0 Å². The van der Waals surface area contributed by atoms with Gasteiger partial charge in [-0.2, -0.15) is 0 Å². The molecule has 4 nitrogen and oxygen atoms in total. The molecular weight excluding hydrogens is 299 g/mol. The molecule has 0 radical (unpaired) electrons. The van der Waals surface area contributed by atoms with Gasteiger partial charge in [-0.1, -0.05) is 41.4 Å². The first-order valence-electron chi connectivity index (χ1n) is 6.36. The summed E-state index contributed by atoms with van der Waals surface area (Å²) in [4.78, 5) is 11.8. The van der Waals surface area contributed by atoms with Crippen LogP contribution in [-0.4, -0.2) is 23.8 Å². The van der Waals surface area contributed by atoms with Crippen LogP contribution in [0.25, 0.3) is 0 Å². The van der Waals surface area contributed by atoms with E-state index >= 15 is 0 Å². The van der Waals surface area contributed by atoms with Crippen molar-refractivity contribution in [1.29, 1.82) is 0 Å². The Bertz CT molecular complexity index is 520. The van der Waals surface area contributed by atoms with Crippen LogP contribution in [0, 0.1) is 5.92 Å². The Morgan fingerprint density at radius 1 is 1.35 bits per heavy atom. The van der Waals surface area contributed by atoms with E-state index in [1.54, 1.807) is 18.2 Å². The number of hydrogen-bond donors (Lipinski definition) is 3. The van der Waals surface area contributed by atoms with E-state index in [4.69, 9.17) is 28.3 Å². The molecule has 3 N–H and O–H groups in total. The number of carbonyl (C=O) groups is 1. The van der Waals surface area contributed by atoms with Crippen molar-refractivity contribution in [2.45, 2.75) is 19.0 Å². The van der Waals surface area contributed by atoms with E-state index in [1.165, 1.54) is 0 Å². The summed E-state index contributed by atoms with van der Waals surface area (Å²) in [6, 6.07) is 4.86. The van der Waals surface area contributed by atoms with Crippen LogP contribution in [0.15, 0.2) is 30.4 Å². The first-order chi connectivity index (χ1) is 9.58. The summed E-state index contributed by atoms with van der Waals surface area (Å²) in [5.41, 5.74) is 0.807. The van der Waals surface area contributed by atoms with E-state index in [-0.39, 0.29) is 24.6 Å². The van der Waals surface area contributed by atoms with Crippen LogP contribution in [0.2, 0.25) is 10.0 Å². The SMILES string of the molecule is O=C(NCc1ccc(Cl)cc1Cl)N[C@@H]1C=C[C@H](CO)C1. The highest BCUT2D eigenvalue weighted by Gasteiger charge is 2.19. The molecule has 0 spiro atoms. The second-order valence-corrected chi connectivity index (χ2v) is 5.58. The van der Waals surface area contributed by atoms with E-state index in [0.29, 0.717) is 16.6 Å². The number of urea groups is 1. The maximum absolute atomic E-state index is 11.8. The topological polar surface area (TPSA) is 61.4 Å². The minimum absolute atomic E-state index is 0.0344. The lowest BCUT2D eigenvalue weighted by atomic mass is 10.1. The second-order valence-electron chi connectivity index (χ2n) is 4.73. The van der Waals surface area contributed by atoms with Crippen molar-refractivity contribution >= 4 is 29.2 Å². The summed E-state index contributed by atoms with van der Waals surface area (Å²) in [5.74, 6) is 0.131. The van der Waals surface area contributed by atoms with Crippen molar-refractivity contribution in [2.75, 3.05) is 6.61 Å². The number of nitrogens with one attached hydrogen (secondary N) is 2. The zero-order chi connectivity index (χ0) is 14.5. The van der Waals surface area contributed by atoms with Crippen LogP contribution in [0.4, 0.5) is 4.79 Å². The molecular formula is C14H16Cl2N2O2. The van der Waals surface area contributed by atoms with E-state index in [0.717, 1.165) is 12.0 Å². The molecule has 2 amide bonds. The van der Waals surface area contributed by atoms with Crippen LogP contribution in [0.1, 0.15) is 12.0 Å². The third-order valence-electron chi connectivity index (χ3n) is 3.18. The van der Waals surface area contributed by atoms with Crippen LogP contribution < -0.4 is 10.6 Å².